The molecule has 1 N–H and O–H groups in total. The summed E-state index contributed by atoms with van der Waals surface area (Å²) in [5, 5.41) is 0.856. The number of esters is 1. The number of nitrogens with one attached hydrogen (secondary N) is 1. The second kappa shape index (κ2) is 6.18. The molecule has 0 saturated heterocycles. The van der Waals surface area contributed by atoms with Crippen molar-refractivity contribution < 1.29 is 14.3 Å². The maximum absolute atomic E-state index is 12.5. The Bertz CT molecular complexity index is 729. The normalized spacial score (nSPS) is 18.5. The van der Waals surface area contributed by atoms with Gasteiger partial charge in [-0.2, -0.15) is 0 Å². The lowest BCUT2D eigenvalue weighted by atomic mass is 10.0. The van der Waals surface area contributed by atoms with Crippen molar-refractivity contribution in [3.05, 3.63) is 48.2 Å². The number of fused-ring (bicyclic) bond motifs is 1. The van der Waals surface area contributed by atoms with E-state index >= 15 is 0 Å². The number of aromatic nitrogens is 1. The van der Waals surface area contributed by atoms with Gasteiger partial charge in [-0.05, 0) is 31.7 Å². The number of rotatable bonds is 5. The molecule has 1 aromatic carbocycles. The van der Waals surface area contributed by atoms with Crippen LogP contribution in [0.3, 0.4) is 0 Å². The number of hydrogen-bond donors (Lipinski definition) is 1. The van der Waals surface area contributed by atoms with Gasteiger partial charge < -0.3 is 9.72 Å². The number of benzene rings is 1. The van der Waals surface area contributed by atoms with Gasteiger partial charge in [0.15, 0.2) is 6.10 Å². The molecule has 2 atom stereocenters. The maximum Gasteiger partial charge on any atom is 0.307 e. The first-order valence-electron chi connectivity index (χ1n) is 7.61. The number of H-pyrrole nitrogens is 1. The molecule has 0 spiro atoms. The molecule has 0 amide bonds. The Morgan fingerprint density at radius 2 is 2.18 bits per heavy atom. The largest absolute Gasteiger partial charge is 0.454 e. The fraction of sp³-hybridized carbons (Fsp3) is 0.333. The van der Waals surface area contributed by atoms with E-state index in [1.165, 1.54) is 0 Å². The Hall–Kier alpha value is -2.36. The summed E-state index contributed by atoms with van der Waals surface area (Å²) in [6.45, 7) is 1.63. The predicted molar refractivity (Wildman–Crippen MR) is 84.7 cm³/mol. The summed E-state index contributed by atoms with van der Waals surface area (Å²) in [6.07, 6.45) is 7.39. The Morgan fingerprint density at radius 3 is 2.95 bits per heavy atom. The first-order valence-corrected chi connectivity index (χ1v) is 7.61. The summed E-state index contributed by atoms with van der Waals surface area (Å²) in [4.78, 5) is 27.5. The molecular weight excluding hydrogens is 278 g/mol. The molecule has 1 aliphatic rings. The second-order valence-corrected chi connectivity index (χ2v) is 5.71. The molecule has 0 aliphatic heterocycles. The van der Waals surface area contributed by atoms with Gasteiger partial charge in [0.25, 0.3) is 0 Å². The van der Waals surface area contributed by atoms with Gasteiger partial charge >= 0.3 is 5.97 Å². The number of allylic oxidation sites excluding steroid dienone is 2. The van der Waals surface area contributed by atoms with Crippen molar-refractivity contribution in [2.45, 2.75) is 32.3 Å². The number of Topliss-reactive ketones (excluding diaryl/α,β-unsaturated/α-hetero) is 1. The van der Waals surface area contributed by atoms with Crippen molar-refractivity contribution in [3.63, 3.8) is 0 Å². The van der Waals surface area contributed by atoms with Gasteiger partial charge in [0.2, 0.25) is 5.78 Å². The summed E-state index contributed by atoms with van der Waals surface area (Å²) in [6, 6.07) is 7.59. The molecule has 1 heterocycles. The van der Waals surface area contributed by atoms with E-state index in [1.807, 2.05) is 30.3 Å². The minimum absolute atomic E-state index is 0.173. The topological polar surface area (TPSA) is 59.2 Å². The van der Waals surface area contributed by atoms with Crippen molar-refractivity contribution in [1.29, 1.82) is 0 Å². The van der Waals surface area contributed by atoms with Gasteiger partial charge in [-0.1, -0.05) is 30.4 Å². The van der Waals surface area contributed by atoms with Crippen molar-refractivity contribution in [2.24, 2.45) is 5.92 Å². The lowest BCUT2D eigenvalue weighted by Gasteiger charge is -2.13. The van der Waals surface area contributed by atoms with Gasteiger partial charge in [-0.25, -0.2) is 0 Å². The number of para-hydroxylation sites is 1. The lowest BCUT2D eigenvalue weighted by molar-refractivity contribution is -0.147. The second-order valence-electron chi connectivity index (χ2n) is 5.71. The standard InChI is InChI=1S/C18H19NO3/c1-12(22-17(20)10-13-6-2-3-7-13)18(21)15-11-19-16-9-5-4-8-14(15)16/h2,4-6,8-9,11-13,19H,3,7,10H2,1H3/t12-,13-/m0/s1. The number of carbonyl (C=O) groups excluding carboxylic acids is 2. The summed E-state index contributed by atoms with van der Waals surface area (Å²) in [7, 11) is 0. The van der Waals surface area contributed by atoms with E-state index in [0.717, 1.165) is 23.7 Å². The van der Waals surface area contributed by atoms with Crippen LogP contribution in [0, 0.1) is 5.92 Å². The molecule has 22 heavy (non-hydrogen) atoms. The molecule has 0 radical (unpaired) electrons. The fourth-order valence-corrected chi connectivity index (χ4v) is 2.87. The highest BCUT2D eigenvalue weighted by Crippen LogP contribution is 2.22. The van der Waals surface area contributed by atoms with Crippen LogP contribution in [0.2, 0.25) is 0 Å². The van der Waals surface area contributed by atoms with E-state index in [1.54, 1.807) is 13.1 Å². The number of aromatic amines is 1. The van der Waals surface area contributed by atoms with Crippen molar-refractivity contribution in [2.75, 3.05) is 0 Å². The van der Waals surface area contributed by atoms with Crippen LogP contribution in [0.25, 0.3) is 10.9 Å². The van der Waals surface area contributed by atoms with Gasteiger partial charge in [0, 0.05) is 22.7 Å². The summed E-state index contributed by atoms with van der Waals surface area (Å²) >= 11 is 0. The molecule has 3 rings (SSSR count). The maximum atomic E-state index is 12.5. The van der Waals surface area contributed by atoms with E-state index in [4.69, 9.17) is 4.74 Å². The first-order chi connectivity index (χ1) is 10.6. The molecule has 0 fully saturated rings. The van der Waals surface area contributed by atoms with Crippen LogP contribution in [-0.2, 0) is 9.53 Å². The zero-order chi connectivity index (χ0) is 15.5. The first kappa shape index (κ1) is 14.6. The lowest BCUT2D eigenvalue weighted by Crippen LogP contribution is -2.25. The van der Waals surface area contributed by atoms with Gasteiger partial charge in [0.05, 0.1) is 6.42 Å². The molecule has 2 aromatic rings. The highest BCUT2D eigenvalue weighted by atomic mass is 16.5. The van der Waals surface area contributed by atoms with Crippen LogP contribution in [-0.4, -0.2) is 22.8 Å². The van der Waals surface area contributed by atoms with Crippen LogP contribution >= 0.6 is 0 Å². The van der Waals surface area contributed by atoms with Crippen LogP contribution in [0.1, 0.15) is 36.5 Å². The van der Waals surface area contributed by atoms with E-state index in [0.29, 0.717) is 12.0 Å². The van der Waals surface area contributed by atoms with Crippen molar-refractivity contribution >= 4 is 22.7 Å². The Labute approximate surface area is 129 Å². The summed E-state index contributed by atoms with van der Waals surface area (Å²) in [5.41, 5.74) is 1.47. The highest BCUT2D eigenvalue weighted by molar-refractivity contribution is 6.10. The Morgan fingerprint density at radius 1 is 1.36 bits per heavy atom. The molecule has 1 aliphatic carbocycles. The van der Waals surface area contributed by atoms with Gasteiger partial charge in [-0.15, -0.1) is 0 Å². The number of ether oxygens (including phenoxy) is 1. The molecular formula is C18H19NO3. The van der Waals surface area contributed by atoms with Gasteiger partial charge in [0.1, 0.15) is 0 Å². The number of hydrogen-bond acceptors (Lipinski definition) is 3. The third kappa shape index (κ3) is 2.96. The molecule has 0 unspecified atom stereocenters. The van der Waals surface area contributed by atoms with Crippen LogP contribution in [0.5, 0.6) is 0 Å². The average molecular weight is 297 g/mol. The van der Waals surface area contributed by atoms with E-state index in [2.05, 4.69) is 11.1 Å². The monoisotopic (exact) mass is 297 g/mol. The SMILES string of the molecule is C[C@H](OC(=O)C[C@H]1C=CCC1)C(=O)c1c[nH]c2ccccc12. The van der Waals surface area contributed by atoms with E-state index < -0.39 is 6.10 Å². The number of ketones is 1. The molecule has 0 saturated carbocycles. The van der Waals surface area contributed by atoms with Crippen LogP contribution in [0.4, 0.5) is 0 Å². The van der Waals surface area contributed by atoms with Crippen LogP contribution < -0.4 is 0 Å². The van der Waals surface area contributed by atoms with E-state index in [-0.39, 0.29) is 17.7 Å². The third-order valence-corrected chi connectivity index (χ3v) is 4.07. The predicted octanol–water partition coefficient (Wildman–Crippen LogP) is 3.64. The number of carbonyl (C=O) groups is 2. The van der Waals surface area contributed by atoms with E-state index in [9.17, 15) is 9.59 Å². The quantitative estimate of drug-likeness (QED) is 0.521. The zero-order valence-corrected chi connectivity index (χ0v) is 12.5. The summed E-state index contributed by atoms with van der Waals surface area (Å²) in [5.74, 6) is -0.229. The average Bonchev–Trinajstić information content (AvgIpc) is 3.15. The smallest absolute Gasteiger partial charge is 0.307 e. The molecule has 0 bridgehead atoms. The molecule has 1 aromatic heterocycles. The van der Waals surface area contributed by atoms with Crippen molar-refractivity contribution in [3.8, 4) is 0 Å². The molecule has 4 nitrogen and oxygen atoms in total. The van der Waals surface area contributed by atoms with Gasteiger partial charge in [-0.3, -0.25) is 9.59 Å². The molecule has 114 valence electrons. The zero-order valence-electron chi connectivity index (χ0n) is 12.5. The Kier molecular flexibility index (Phi) is 4.09. The highest BCUT2D eigenvalue weighted by Gasteiger charge is 2.23. The molecule has 4 heteroatoms. The fourth-order valence-electron chi connectivity index (χ4n) is 2.87. The summed E-state index contributed by atoms with van der Waals surface area (Å²) < 4.78 is 5.31. The van der Waals surface area contributed by atoms with Crippen molar-refractivity contribution in [1.82, 2.24) is 4.98 Å². The third-order valence-electron chi connectivity index (χ3n) is 4.07. The Balaban J connectivity index is 1.66. The van der Waals surface area contributed by atoms with Crippen LogP contribution in [0.15, 0.2) is 42.6 Å². The minimum atomic E-state index is -0.767. The minimum Gasteiger partial charge on any atom is -0.454 e.